The lowest BCUT2D eigenvalue weighted by Crippen LogP contribution is -1.94. The highest BCUT2D eigenvalue weighted by Crippen LogP contribution is 2.38. The molecule has 17 heavy (non-hydrogen) atoms. The number of nitrogens with zero attached hydrogens (tertiary/aromatic N) is 2. The van der Waals surface area contributed by atoms with Crippen LogP contribution in [0.25, 0.3) is 0 Å². The molecule has 1 aromatic carbocycles. The van der Waals surface area contributed by atoms with Gasteiger partial charge >= 0.3 is 0 Å². The highest BCUT2D eigenvalue weighted by atomic mass is 35.5. The average molecular weight is 307 g/mol. The third-order valence-electron chi connectivity index (χ3n) is 1.88. The fourth-order valence-corrected chi connectivity index (χ4v) is 2.63. The van der Waals surface area contributed by atoms with Gasteiger partial charge in [0.05, 0.1) is 5.02 Å². The van der Waals surface area contributed by atoms with Crippen molar-refractivity contribution in [1.82, 2.24) is 9.97 Å². The zero-order valence-electron chi connectivity index (χ0n) is 8.32. The molecule has 0 saturated heterocycles. The van der Waals surface area contributed by atoms with Crippen molar-refractivity contribution in [3.63, 3.8) is 0 Å². The SMILES string of the molecule is Nc1ncnc(Sc2cc(Cl)ccc2Cl)c1Cl. The molecular weight excluding hydrogens is 301 g/mol. The van der Waals surface area contributed by atoms with Crippen molar-refractivity contribution >= 4 is 52.4 Å². The van der Waals surface area contributed by atoms with Crippen molar-refractivity contribution in [2.24, 2.45) is 0 Å². The maximum atomic E-state index is 6.04. The van der Waals surface area contributed by atoms with Gasteiger partial charge in [-0.15, -0.1) is 0 Å². The normalized spacial score (nSPS) is 10.5. The molecule has 0 unspecified atom stereocenters. The largest absolute Gasteiger partial charge is 0.382 e. The molecule has 1 aromatic heterocycles. The highest BCUT2D eigenvalue weighted by Gasteiger charge is 2.10. The Kier molecular flexibility index (Phi) is 3.99. The molecule has 0 radical (unpaired) electrons. The van der Waals surface area contributed by atoms with Gasteiger partial charge in [0.15, 0.2) is 0 Å². The van der Waals surface area contributed by atoms with E-state index in [2.05, 4.69) is 9.97 Å². The maximum absolute atomic E-state index is 6.04. The van der Waals surface area contributed by atoms with Gasteiger partial charge in [0.25, 0.3) is 0 Å². The van der Waals surface area contributed by atoms with Gasteiger partial charge < -0.3 is 5.73 Å². The van der Waals surface area contributed by atoms with E-state index in [1.54, 1.807) is 18.2 Å². The highest BCUT2D eigenvalue weighted by molar-refractivity contribution is 7.99. The van der Waals surface area contributed by atoms with Crippen LogP contribution in [0.4, 0.5) is 5.82 Å². The first kappa shape index (κ1) is 12.8. The van der Waals surface area contributed by atoms with Crippen LogP contribution in [0.3, 0.4) is 0 Å². The summed E-state index contributed by atoms with van der Waals surface area (Å²) in [5.41, 5.74) is 5.59. The molecule has 0 aliphatic rings. The predicted molar refractivity (Wildman–Crippen MR) is 72.0 cm³/mol. The third kappa shape index (κ3) is 2.96. The van der Waals surface area contributed by atoms with Crippen molar-refractivity contribution in [1.29, 1.82) is 0 Å². The molecular formula is C10H6Cl3N3S. The summed E-state index contributed by atoms with van der Waals surface area (Å²) >= 11 is 19.2. The summed E-state index contributed by atoms with van der Waals surface area (Å²) in [5.74, 6) is 0.238. The number of halogens is 3. The molecule has 0 spiro atoms. The fourth-order valence-electron chi connectivity index (χ4n) is 1.10. The van der Waals surface area contributed by atoms with E-state index in [1.807, 2.05) is 0 Å². The lowest BCUT2D eigenvalue weighted by atomic mass is 10.4. The number of nitrogens with two attached hydrogens (primary N) is 1. The molecule has 88 valence electrons. The molecule has 3 nitrogen and oxygen atoms in total. The van der Waals surface area contributed by atoms with Crippen LogP contribution in [0.1, 0.15) is 0 Å². The van der Waals surface area contributed by atoms with Crippen LogP contribution in [0.15, 0.2) is 34.4 Å². The summed E-state index contributed by atoms with van der Waals surface area (Å²) in [5, 5.41) is 2.03. The number of anilines is 1. The molecule has 2 rings (SSSR count). The zero-order valence-corrected chi connectivity index (χ0v) is 11.4. The second kappa shape index (κ2) is 5.31. The van der Waals surface area contributed by atoms with Crippen LogP contribution in [0.2, 0.25) is 15.1 Å². The Morgan fingerprint density at radius 2 is 1.88 bits per heavy atom. The van der Waals surface area contributed by atoms with Crippen LogP contribution < -0.4 is 5.73 Å². The fraction of sp³-hybridized carbons (Fsp3) is 0. The third-order valence-corrected chi connectivity index (χ3v) is 4.11. The number of hydrogen-bond donors (Lipinski definition) is 1. The minimum atomic E-state index is 0.238. The molecule has 2 N–H and O–H groups in total. The van der Waals surface area contributed by atoms with Gasteiger partial charge in [-0.3, -0.25) is 0 Å². The van der Waals surface area contributed by atoms with Crippen molar-refractivity contribution in [3.05, 3.63) is 39.6 Å². The molecule has 1 heterocycles. The Morgan fingerprint density at radius 1 is 1.12 bits per heavy atom. The Hall–Kier alpha value is -0.680. The van der Waals surface area contributed by atoms with Gasteiger partial charge in [0, 0.05) is 9.92 Å². The van der Waals surface area contributed by atoms with Crippen LogP contribution in [-0.4, -0.2) is 9.97 Å². The van der Waals surface area contributed by atoms with Gasteiger partial charge in [-0.05, 0) is 18.2 Å². The van der Waals surface area contributed by atoms with Crippen molar-refractivity contribution < 1.29 is 0 Å². The quantitative estimate of drug-likeness (QED) is 0.846. The molecule has 0 aliphatic carbocycles. The first-order valence-electron chi connectivity index (χ1n) is 4.47. The van der Waals surface area contributed by atoms with Crippen LogP contribution in [0.5, 0.6) is 0 Å². The van der Waals surface area contributed by atoms with Crippen molar-refractivity contribution in [2.75, 3.05) is 5.73 Å². The molecule has 0 atom stereocenters. The van der Waals surface area contributed by atoms with E-state index in [0.29, 0.717) is 20.1 Å². The first-order chi connectivity index (χ1) is 8.08. The molecule has 7 heteroatoms. The lowest BCUT2D eigenvalue weighted by molar-refractivity contribution is 1.05. The smallest absolute Gasteiger partial charge is 0.146 e. The first-order valence-corrected chi connectivity index (χ1v) is 6.42. The summed E-state index contributed by atoms with van der Waals surface area (Å²) in [7, 11) is 0. The number of rotatable bonds is 2. The van der Waals surface area contributed by atoms with E-state index in [-0.39, 0.29) is 5.82 Å². The second-order valence-electron chi connectivity index (χ2n) is 3.05. The van der Waals surface area contributed by atoms with Crippen LogP contribution in [0, 0.1) is 0 Å². The zero-order chi connectivity index (χ0) is 12.4. The molecule has 0 fully saturated rings. The Bertz CT molecular complexity index is 562. The molecule has 0 bridgehead atoms. The maximum Gasteiger partial charge on any atom is 0.146 e. The molecule has 0 saturated carbocycles. The standard InChI is InChI=1S/C10H6Cl3N3S/c11-5-1-2-6(12)7(3-5)17-10-8(13)9(14)15-4-16-10/h1-4H,(H2,14,15,16). The predicted octanol–water partition coefficient (Wildman–Crippen LogP) is 4.17. The van der Waals surface area contributed by atoms with Crippen molar-refractivity contribution in [3.8, 4) is 0 Å². The summed E-state index contributed by atoms with van der Waals surface area (Å²) in [6.07, 6.45) is 1.35. The Labute approximate surface area is 117 Å². The van der Waals surface area contributed by atoms with E-state index < -0.39 is 0 Å². The van der Waals surface area contributed by atoms with Gasteiger partial charge in [0.2, 0.25) is 0 Å². The lowest BCUT2D eigenvalue weighted by Gasteiger charge is -2.06. The van der Waals surface area contributed by atoms with Crippen molar-refractivity contribution in [2.45, 2.75) is 9.92 Å². The minimum Gasteiger partial charge on any atom is -0.382 e. The number of benzene rings is 1. The summed E-state index contributed by atoms with van der Waals surface area (Å²) in [6, 6.07) is 5.16. The van der Waals surface area contributed by atoms with E-state index in [9.17, 15) is 0 Å². The van der Waals surface area contributed by atoms with Crippen LogP contribution in [-0.2, 0) is 0 Å². The van der Waals surface area contributed by atoms with Crippen LogP contribution >= 0.6 is 46.6 Å². The topological polar surface area (TPSA) is 51.8 Å². The Morgan fingerprint density at radius 3 is 2.65 bits per heavy atom. The van der Waals surface area contributed by atoms with Gasteiger partial charge in [-0.25, -0.2) is 9.97 Å². The van der Waals surface area contributed by atoms with E-state index in [1.165, 1.54) is 18.1 Å². The molecule has 0 amide bonds. The summed E-state index contributed by atoms with van der Waals surface area (Å²) in [4.78, 5) is 8.59. The monoisotopic (exact) mass is 305 g/mol. The van der Waals surface area contributed by atoms with E-state index in [0.717, 1.165) is 4.90 Å². The second-order valence-corrected chi connectivity index (χ2v) is 5.31. The van der Waals surface area contributed by atoms with Gasteiger partial charge in [-0.2, -0.15) is 0 Å². The number of hydrogen-bond acceptors (Lipinski definition) is 4. The summed E-state index contributed by atoms with van der Waals surface area (Å²) in [6.45, 7) is 0. The average Bonchev–Trinajstić information content (AvgIpc) is 2.30. The molecule has 0 aliphatic heterocycles. The number of nitrogen functional groups attached to an aromatic ring is 1. The van der Waals surface area contributed by atoms with E-state index in [4.69, 9.17) is 40.5 Å². The summed E-state index contributed by atoms with van der Waals surface area (Å²) < 4.78 is 0. The van der Waals surface area contributed by atoms with Gasteiger partial charge in [-0.1, -0.05) is 46.6 Å². The van der Waals surface area contributed by atoms with Gasteiger partial charge in [0.1, 0.15) is 22.2 Å². The number of aromatic nitrogens is 2. The molecule has 2 aromatic rings. The Balaban J connectivity index is 2.38. The minimum absolute atomic E-state index is 0.238. The van der Waals surface area contributed by atoms with E-state index >= 15 is 0 Å².